The monoisotopic (exact) mass is 257 g/mol. The number of carbonyl (C=O) groups is 1. The molecule has 0 aromatic rings. The molecule has 0 heterocycles. The van der Waals surface area contributed by atoms with Crippen LogP contribution in [0.5, 0.6) is 0 Å². The first kappa shape index (κ1) is 17.4. The summed E-state index contributed by atoms with van der Waals surface area (Å²) in [6.07, 6.45) is 11.2. The van der Waals surface area contributed by atoms with Crippen molar-refractivity contribution in [2.24, 2.45) is 0 Å². The van der Waals surface area contributed by atoms with Crippen LogP contribution < -0.4 is 5.32 Å². The van der Waals surface area contributed by atoms with E-state index in [1.54, 1.807) is 0 Å². The molecule has 0 bridgehead atoms. The molecule has 18 heavy (non-hydrogen) atoms. The quantitative estimate of drug-likeness (QED) is 0.491. The maximum Gasteiger partial charge on any atom is 0.303 e. The van der Waals surface area contributed by atoms with Crippen LogP contribution >= 0.6 is 0 Å². The molecule has 3 nitrogen and oxygen atoms in total. The number of hydrogen-bond donors (Lipinski definition) is 2. The molecule has 0 spiro atoms. The van der Waals surface area contributed by atoms with Crippen LogP contribution in [-0.2, 0) is 4.79 Å². The molecule has 0 amide bonds. The first-order chi connectivity index (χ1) is 8.70. The summed E-state index contributed by atoms with van der Waals surface area (Å²) in [4.78, 5) is 10.4. The van der Waals surface area contributed by atoms with E-state index in [-0.39, 0.29) is 6.42 Å². The smallest absolute Gasteiger partial charge is 0.303 e. The molecular formula is C15H31NO2. The lowest BCUT2D eigenvalue weighted by Crippen LogP contribution is -2.30. The molecule has 3 heteroatoms. The number of aliphatic carboxylic acids is 1. The minimum atomic E-state index is -0.690. The van der Waals surface area contributed by atoms with Crippen molar-refractivity contribution < 1.29 is 9.90 Å². The summed E-state index contributed by atoms with van der Waals surface area (Å²) in [5, 5.41) is 12.1. The molecule has 0 aliphatic heterocycles. The van der Waals surface area contributed by atoms with Gasteiger partial charge in [0.05, 0.1) is 0 Å². The second-order valence-electron chi connectivity index (χ2n) is 5.14. The Kier molecular flexibility index (Phi) is 12.5. The number of unbranched alkanes of at least 4 members (excludes halogenated alkanes) is 4. The van der Waals surface area contributed by atoms with Crippen molar-refractivity contribution in [2.45, 2.75) is 84.1 Å². The fourth-order valence-corrected chi connectivity index (χ4v) is 2.18. The van der Waals surface area contributed by atoms with Gasteiger partial charge in [-0.05, 0) is 25.8 Å². The van der Waals surface area contributed by atoms with Gasteiger partial charge in [-0.1, -0.05) is 52.4 Å². The van der Waals surface area contributed by atoms with Crippen LogP contribution in [0.25, 0.3) is 0 Å². The molecule has 0 aromatic carbocycles. The van der Waals surface area contributed by atoms with Gasteiger partial charge in [-0.2, -0.15) is 0 Å². The van der Waals surface area contributed by atoms with Crippen LogP contribution in [0.2, 0.25) is 0 Å². The van der Waals surface area contributed by atoms with Crippen LogP contribution in [0.4, 0.5) is 0 Å². The van der Waals surface area contributed by atoms with Crippen LogP contribution in [-0.4, -0.2) is 23.7 Å². The Morgan fingerprint density at radius 2 is 1.56 bits per heavy atom. The van der Waals surface area contributed by atoms with E-state index in [1.807, 2.05) is 0 Å². The predicted octanol–water partition coefficient (Wildman–Crippen LogP) is 3.97. The van der Waals surface area contributed by atoms with Crippen LogP contribution in [0.15, 0.2) is 0 Å². The highest BCUT2D eigenvalue weighted by Crippen LogP contribution is 2.11. The third-order valence-electron chi connectivity index (χ3n) is 3.31. The zero-order chi connectivity index (χ0) is 13.6. The molecule has 0 radical (unpaired) electrons. The maximum absolute atomic E-state index is 10.4. The van der Waals surface area contributed by atoms with E-state index in [9.17, 15) is 4.79 Å². The van der Waals surface area contributed by atoms with Gasteiger partial charge in [0.2, 0.25) is 0 Å². The highest BCUT2D eigenvalue weighted by atomic mass is 16.4. The zero-order valence-electron chi connectivity index (χ0n) is 12.2. The molecule has 0 aromatic heterocycles. The Balaban J connectivity index is 3.69. The summed E-state index contributed by atoms with van der Waals surface area (Å²) in [5.74, 6) is -0.690. The second kappa shape index (κ2) is 12.9. The van der Waals surface area contributed by atoms with E-state index >= 15 is 0 Å². The van der Waals surface area contributed by atoms with E-state index in [0.717, 1.165) is 13.0 Å². The van der Waals surface area contributed by atoms with Gasteiger partial charge in [-0.15, -0.1) is 0 Å². The number of nitrogens with one attached hydrogen (secondary N) is 1. The van der Waals surface area contributed by atoms with Gasteiger partial charge in [-0.25, -0.2) is 0 Å². The SMILES string of the molecule is CCCCCC(CCCCC)NCCCC(=O)O. The van der Waals surface area contributed by atoms with Gasteiger partial charge in [-0.3, -0.25) is 4.79 Å². The summed E-state index contributed by atoms with van der Waals surface area (Å²) >= 11 is 0. The third kappa shape index (κ3) is 11.9. The lowest BCUT2D eigenvalue weighted by molar-refractivity contribution is -0.137. The van der Waals surface area contributed by atoms with Crippen molar-refractivity contribution in [2.75, 3.05) is 6.54 Å². The topological polar surface area (TPSA) is 49.3 Å². The lowest BCUT2D eigenvalue weighted by atomic mass is 10.0. The highest BCUT2D eigenvalue weighted by molar-refractivity contribution is 5.66. The van der Waals surface area contributed by atoms with Gasteiger partial charge in [0.25, 0.3) is 0 Å². The number of carboxylic acid groups (broad SMARTS) is 1. The normalized spacial score (nSPS) is 11.1. The van der Waals surface area contributed by atoms with Gasteiger partial charge >= 0.3 is 5.97 Å². The molecule has 0 saturated carbocycles. The Labute approximate surface area is 112 Å². The zero-order valence-corrected chi connectivity index (χ0v) is 12.2. The summed E-state index contributed by atoms with van der Waals surface area (Å²) in [7, 11) is 0. The van der Waals surface area contributed by atoms with Crippen molar-refractivity contribution in [3.63, 3.8) is 0 Å². The molecule has 0 fully saturated rings. The average molecular weight is 257 g/mol. The van der Waals surface area contributed by atoms with Crippen molar-refractivity contribution in [1.82, 2.24) is 5.32 Å². The number of hydrogen-bond acceptors (Lipinski definition) is 2. The fraction of sp³-hybridized carbons (Fsp3) is 0.933. The Morgan fingerprint density at radius 1 is 1.00 bits per heavy atom. The molecule has 0 aliphatic carbocycles. The highest BCUT2D eigenvalue weighted by Gasteiger charge is 2.07. The summed E-state index contributed by atoms with van der Waals surface area (Å²) in [6.45, 7) is 5.30. The van der Waals surface area contributed by atoms with Crippen LogP contribution in [0.1, 0.15) is 78.1 Å². The molecule has 0 unspecified atom stereocenters. The Morgan fingerprint density at radius 3 is 2.00 bits per heavy atom. The minimum Gasteiger partial charge on any atom is -0.481 e. The summed E-state index contributed by atoms with van der Waals surface area (Å²) < 4.78 is 0. The van der Waals surface area contributed by atoms with Gasteiger partial charge in [0.15, 0.2) is 0 Å². The molecule has 0 atom stereocenters. The van der Waals surface area contributed by atoms with E-state index in [1.165, 1.54) is 51.4 Å². The van der Waals surface area contributed by atoms with Crippen molar-refractivity contribution >= 4 is 5.97 Å². The molecule has 0 rings (SSSR count). The number of carboxylic acids is 1. The minimum absolute atomic E-state index is 0.281. The van der Waals surface area contributed by atoms with E-state index in [4.69, 9.17) is 5.11 Å². The van der Waals surface area contributed by atoms with E-state index in [0.29, 0.717) is 6.04 Å². The van der Waals surface area contributed by atoms with Crippen LogP contribution in [0.3, 0.4) is 0 Å². The Hall–Kier alpha value is -0.570. The van der Waals surface area contributed by atoms with Crippen molar-refractivity contribution in [3.8, 4) is 0 Å². The molecule has 0 aliphatic rings. The van der Waals surface area contributed by atoms with Gasteiger partial charge in [0, 0.05) is 12.5 Å². The second-order valence-corrected chi connectivity index (χ2v) is 5.14. The molecule has 0 saturated heterocycles. The fourth-order valence-electron chi connectivity index (χ4n) is 2.18. The third-order valence-corrected chi connectivity index (χ3v) is 3.31. The van der Waals surface area contributed by atoms with Gasteiger partial charge in [0.1, 0.15) is 0 Å². The van der Waals surface area contributed by atoms with E-state index < -0.39 is 5.97 Å². The predicted molar refractivity (Wildman–Crippen MR) is 76.9 cm³/mol. The standard InChI is InChI=1S/C15H31NO2/c1-3-5-7-10-14(11-8-6-4-2)16-13-9-12-15(17)18/h14,16H,3-13H2,1-2H3,(H,17,18). The molecular weight excluding hydrogens is 226 g/mol. The van der Waals surface area contributed by atoms with E-state index in [2.05, 4.69) is 19.2 Å². The largest absolute Gasteiger partial charge is 0.481 e. The van der Waals surface area contributed by atoms with Crippen molar-refractivity contribution in [3.05, 3.63) is 0 Å². The summed E-state index contributed by atoms with van der Waals surface area (Å²) in [5.41, 5.74) is 0. The maximum atomic E-state index is 10.4. The summed E-state index contributed by atoms with van der Waals surface area (Å²) in [6, 6.07) is 0.594. The first-order valence-electron chi connectivity index (χ1n) is 7.65. The molecule has 108 valence electrons. The van der Waals surface area contributed by atoms with Gasteiger partial charge < -0.3 is 10.4 Å². The Bertz CT molecular complexity index is 185. The van der Waals surface area contributed by atoms with Crippen molar-refractivity contribution in [1.29, 1.82) is 0 Å². The lowest BCUT2D eigenvalue weighted by Gasteiger charge is -2.18. The average Bonchev–Trinajstić information content (AvgIpc) is 2.34. The molecule has 2 N–H and O–H groups in total. The first-order valence-corrected chi connectivity index (χ1v) is 7.65. The number of rotatable bonds is 13. The van der Waals surface area contributed by atoms with Crippen LogP contribution in [0, 0.1) is 0 Å².